The van der Waals surface area contributed by atoms with Gasteiger partial charge in [-0.2, -0.15) is 0 Å². The van der Waals surface area contributed by atoms with Gasteiger partial charge in [-0.1, -0.05) is 29.8 Å². The predicted octanol–water partition coefficient (Wildman–Crippen LogP) is 2.04. The second-order valence-corrected chi connectivity index (χ2v) is 6.63. The number of hydrogen-bond donors (Lipinski definition) is 2. The Kier molecular flexibility index (Phi) is 5.75. The number of urea groups is 1. The summed E-state index contributed by atoms with van der Waals surface area (Å²) in [4.78, 5) is 14.3. The molecular weight excluding hydrogens is 314 g/mol. The SMILES string of the molecule is O=C(NCCc1ccccc1Cl)NC[C@H]1CN2CCC[C@@H]2CO1. The Bertz CT molecular complexity index is 540. The molecule has 0 aromatic heterocycles. The van der Waals surface area contributed by atoms with Crippen molar-refractivity contribution in [1.82, 2.24) is 15.5 Å². The number of ether oxygens (including phenoxy) is 1. The van der Waals surface area contributed by atoms with Gasteiger partial charge in [-0.15, -0.1) is 0 Å². The molecule has 0 bridgehead atoms. The Morgan fingerprint density at radius 3 is 3.09 bits per heavy atom. The van der Waals surface area contributed by atoms with E-state index >= 15 is 0 Å². The van der Waals surface area contributed by atoms with Crippen LogP contribution in [0.3, 0.4) is 0 Å². The third-order valence-corrected chi connectivity index (χ3v) is 4.96. The molecule has 0 aliphatic carbocycles. The molecule has 2 aliphatic heterocycles. The Balaban J connectivity index is 1.33. The van der Waals surface area contributed by atoms with E-state index in [1.807, 2.05) is 24.3 Å². The van der Waals surface area contributed by atoms with Crippen molar-refractivity contribution in [3.05, 3.63) is 34.9 Å². The second-order valence-electron chi connectivity index (χ2n) is 6.22. The van der Waals surface area contributed by atoms with Crippen LogP contribution >= 0.6 is 11.6 Å². The first-order valence-corrected chi connectivity index (χ1v) is 8.71. The summed E-state index contributed by atoms with van der Waals surface area (Å²) < 4.78 is 5.83. The van der Waals surface area contributed by atoms with E-state index < -0.39 is 0 Å². The van der Waals surface area contributed by atoms with Gasteiger partial charge in [-0.25, -0.2) is 4.79 Å². The van der Waals surface area contributed by atoms with Gasteiger partial charge in [0.15, 0.2) is 0 Å². The van der Waals surface area contributed by atoms with Crippen LogP contribution in [0.4, 0.5) is 4.79 Å². The van der Waals surface area contributed by atoms with Gasteiger partial charge in [-0.3, -0.25) is 4.90 Å². The average Bonchev–Trinajstić information content (AvgIpc) is 3.02. The van der Waals surface area contributed by atoms with Crippen molar-refractivity contribution in [3.8, 4) is 0 Å². The lowest BCUT2D eigenvalue weighted by Crippen LogP contribution is -2.51. The minimum atomic E-state index is -0.149. The van der Waals surface area contributed by atoms with Crippen LogP contribution < -0.4 is 10.6 Å². The summed E-state index contributed by atoms with van der Waals surface area (Å²) >= 11 is 6.10. The lowest BCUT2D eigenvalue weighted by atomic mass is 10.1. The van der Waals surface area contributed by atoms with Gasteiger partial charge in [0, 0.05) is 30.7 Å². The highest BCUT2D eigenvalue weighted by Crippen LogP contribution is 2.22. The maximum atomic E-state index is 11.9. The summed E-state index contributed by atoms with van der Waals surface area (Å²) in [6.45, 7) is 4.00. The molecule has 2 N–H and O–H groups in total. The maximum Gasteiger partial charge on any atom is 0.314 e. The van der Waals surface area contributed by atoms with E-state index in [1.54, 1.807) is 0 Å². The highest BCUT2D eigenvalue weighted by Gasteiger charge is 2.32. The second kappa shape index (κ2) is 7.99. The number of nitrogens with zero attached hydrogens (tertiary/aromatic N) is 1. The number of hydrogen-bond acceptors (Lipinski definition) is 3. The van der Waals surface area contributed by atoms with Crippen molar-refractivity contribution < 1.29 is 9.53 Å². The standard InChI is InChI=1S/C17H24ClN3O2/c18-16-6-2-1-4-13(16)7-8-19-17(22)20-10-15-11-21-9-3-5-14(21)12-23-15/h1-2,4,6,14-15H,3,5,7-12H2,(H2,19,20,22)/t14-,15+/m1/s1. The van der Waals surface area contributed by atoms with Crippen LogP contribution in [0.2, 0.25) is 5.02 Å². The summed E-state index contributed by atoms with van der Waals surface area (Å²) in [5, 5.41) is 6.51. The number of rotatable bonds is 5. The van der Waals surface area contributed by atoms with Gasteiger partial charge in [0.2, 0.25) is 0 Å². The number of fused-ring (bicyclic) bond motifs is 1. The number of carbonyl (C=O) groups is 1. The van der Waals surface area contributed by atoms with E-state index in [9.17, 15) is 4.79 Å². The van der Waals surface area contributed by atoms with Crippen LogP contribution in [0.25, 0.3) is 0 Å². The quantitative estimate of drug-likeness (QED) is 0.864. The fourth-order valence-electron chi connectivity index (χ4n) is 3.29. The molecule has 23 heavy (non-hydrogen) atoms. The zero-order valence-electron chi connectivity index (χ0n) is 13.3. The van der Waals surface area contributed by atoms with Crippen molar-refractivity contribution in [3.63, 3.8) is 0 Å². The van der Waals surface area contributed by atoms with E-state index in [0.29, 0.717) is 19.1 Å². The molecule has 3 rings (SSSR count). The molecule has 126 valence electrons. The van der Waals surface area contributed by atoms with Gasteiger partial charge in [0.25, 0.3) is 0 Å². The average molecular weight is 338 g/mol. The summed E-state index contributed by atoms with van der Waals surface area (Å²) in [7, 11) is 0. The highest BCUT2D eigenvalue weighted by molar-refractivity contribution is 6.31. The Morgan fingerprint density at radius 1 is 1.35 bits per heavy atom. The van der Waals surface area contributed by atoms with E-state index in [0.717, 1.165) is 36.7 Å². The summed E-state index contributed by atoms with van der Waals surface area (Å²) in [5.74, 6) is 0. The number of benzene rings is 1. The summed E-state index contributed by atoms with van der Waals surface area (Å²) in [6, 6.07) is 8.14. The van der Waals surface area contributed by atoms with Gasteiger partial charge >= 0.3 is 6.03 Å². The Morgan fingerprint density at radius 2 is 2.22 bits per heavy atom. The van der Waals surface area contributed by atoms with Crippen LogP contribution in [0.1, 0.15) is 18.4 Å². The molecule has 2 saturated heterocycles. The number of carbonyl (C=O) groups excluding carboxylic acids is 1. The fraction of sp³-hybridized carbons (Fsp3) is 0.588. The summed E-state index contributed by atoms with van der Waals surface area (Å²) in [6.07, 6.45) is 3.32. The van der Waals surface area contributed by atoms with Crippen LogP contribution in [0, 0.1) is 0 Å². The largest absolute Gasteiger partial charge is 0.373 e. The fourth-order valence-corrected chi connectivity index (χ4v) is 3.52. The molecular formula is C17H24ClN3O2. The Hall–Kier alpha value is -1.30. The smallest absolute Gasteiger partial charge is 0.314 e. The molecule has 5 nitrogen and oxygen atoms in total. The molecule has 1 aromatic rings. The molecule has 2 heterocycles. The zero-order chi connectivity index (χ0) is 16.1. The van der Waals surface area contributed by atoms with Gasteiger partial charge in [0.05, 0.1) is 12.7 Å². The molecule has 1 aromatic carbocycles. The van der Waals surface area contributed by atoms with Crippen LogP contribution in [-0.4, -0.2) is 55.9 Å². The van der Waals surface area contributed by atoms with E-state index in [1.165, 1.54) is 12.8 Å². The number of morpholine rings is 1. The molecule has 0 spiro atoms. The van der Waals surface area contributed by atoms with Crippen LogP contribution in [-0.2, 0) is 11.2 Å². The molecule has 0 saturated carbocycles. The monoisotopic (exact) mass is 337 g/mol. The first-order chi connectivity index (χ1) is 11.2. The Labute approximate surface area is 142 Å². The molecule has 2 atom stereocenters. The van der Waals surface area contributed by atoms with Gasteiger partial charge in [-0.05, 0) is 37.4 Å². The van der Waals surface area contributed by atoms with E-state index in [-0.39, 0.29) is 12.1 Å². The van der Waals surface area contributed by atoms with Crippen LogP contribution in [0.5, 0.6) is 0 Å². The lowest BCUT2D eigenvalue weighted by Gasteiger charge is -2.35. The van der Waals surface area contributed by atoms with E-state index in [2.05, 4.69) is 15.5 Å². The van der Waals surface area contributed by atoms with Crippen molar-refractivity contribution in [1.29, 1.82) is 0 Å². The molecule has 2 aliphatic rings. The van der Waals surface area contributed by atoms with Gasteiger partial charge < -0.3 is 15.4 Å². The highest BCUT2D eigenvalue weighted by atomic mass is 35.5. The number of nitrogens with one attached hydrogen (secondary N) is 2. The van der Waals surface area contributed by atoms with Crippen molar-refractivity contribution in [2.75, 3.05) is 32.8 Å². The normalized spacial score (nSPS) is 24.2. The minimum absolute atomic E-state index is 0.0960. The molecule has 2 amide bonds. The zero-order valence-corrected chi connectivity index (χ0v) is 14.0. The maximum absolute atomic E-state index is 11.9. The van der Waals surface area contributed by atoms with Crippen molar-refractivity contribution >= 4 is 17.6 Å². The number of halogens is 1. The molecule has 0 unspecified atom stereocenters. The minimum Gasteiger partial charge on any atom is -0.373 e. The number of amides is 2. The van der Waals surface area contributed by atoms with Crippen molar-refractivity contribution in [2.24, 2.45) is 0 Å². The first-order valence-electron chi connectivity index (χ1n) is 8.33. The molecule has 6 heteroatoms. The van der Waals surface area contributed by atoms with Crippen LogP contribution in [0.15, 0.2) is 24.3 Å². The predicted molar refractivity (Wildman–Crippen MR) is 90.9 cm³/mol. The lowest BCUT2D eigenvalue weighted by molar-refractivity contribution is -0.0457. The third-order valence-electron chi connectivity index (χ3n) is 4.59. The molecule has 0 radical (unpaired) electrons. The molecule has 2 fully saturated rings. The van der Waals surface area contributed by atoms with Crippen molar-refractivity contribution in [2.45, 2.75) is 31.4 Å². The topological polar surface area (TPSA) is 53.6 Å². The first kappa shape index (κ1) is 16.6. The third kappa shape index (κ3) is 4.59. The van der Waals surface area contributed by atoms with E-state index in [4.69, 9.17) is 16.3 Å². The van der Waals surface area contributed by atoms with Gasteiger partial charge in [0.1, 0.15) is 0 Å². The summed E-state index contributed by atoms with van der Waals surface area (Å²) in [5.41, 5.74) is 1.05.